The van der Waals surface area contributed by atoms with E-state index in [0.29, 0.717) is 0 Å². The van der Waals surface area contributed by atoms with Crippen LogP contribution in [0, 0.1) is 11.3 Å². The van der Waals surface area contributed by atoms with Crippen LogP contribution in [-0.4, -0.2) is 23.0 Å². The molecule has 1 rings (SSSR count). The Bertz CT molecular complexity index is 346. The van der Waals surface area contributed by atoms with Crippen molar-refractivity contribution in [1.29, 1.82) is 5.26 Å². The summed E-state index contributed by atoms with van der Waals surface area (Å²) in [5, 5.41) is 15.1. The summed E-state index contributed by atoms with van der Waals surface area (Å²) in [6.07, 6.45) is 4.19. The van der Waals surface area contributed by atoms with Crippen LogP contribution in [0.2, 0.25) is 0 Å². The third-order valence-corrected chi connectivity index (χ3v) is 0.823. The van der Waals surface area contributed by atoms with E-state index < -0.39 is 17.9 Å². The molecule has 0 saturated heterocycles. The van der Waals surface area contributed by atoms with Crippen LogP contribution in [-0.2, 0) is 19.1 Å². The molecule has 0 amide bonds. The number of carboxylic acids is 1. The highest BCUT2D eigenvalue weighted by Gasteiger charge is 2.10. The van der Waals surface area contributed by atoms with E-state index in [1.807, 2.05) is 0 Å². The first-order valence-electron chi connectivity index (χ1n) is 3.77. The van der Waals surface area contributed by atoms with Crippen molar-refractivity contribution < 1.29 is 24.2 Å². The molecular weight excluding hydrogens is 214 g/mol. The Morgan fingerprint density at radius 3 is 1.75 bits per heavy atom. The Balaban J connectivity index is 0. The van der Waals surface area contributed by atoms with Crippen molar-refractivity contribution in [2.45, 2.75) is 0 Å². The van der Waals surface area contributed by atoms with Gasteiger partial charge in [0.25, 0.3) is 0 Å². The van der Waals surface area contributed by atoms with Crippen LogP contribution in [0.4, 0.5) is 0 Å². The van der Waals surface area contributed by atoms with E-state index in [2.05, 4.69) is 17.9 Å². The van der Waals surface area contributed by atoms with Crippen LogP contribution in [0.3, 0.4) is 0 Å². The lowest BCUT2D eigenvalue weighted by Crippen LogP contribution is -1.96. The lowest BCUT2D eigenvalue weighted by atomic mass is 10.6. The summed E-state index contributed by atoms with van der Waals surface area (Å²) in [5.41, 5.74) is 0. The molecule has 1 heterocycles. The molecule has 1 N–H and O–H groups in total. The van der Waals surface area contributed by atoms with Crippen molar-refractivity contribution in [3.63, 3.8) is 0 Å². The summed E-state index contributed by atoms with van der Waals surface area (Å²) in [6, 6.07) is 1.69. The molecule has 0 aromatic rings. The van der Waals surface area contributed by atoms with Gasteiger partial charge in [0.2, 0.25) is 0 Å². The van der Waals surface area contributed by atoms with Crippen molar-refractivity contribution >= 4 is 17.9 Å². The molecule has 0 unspecified atom stereocenters. The van der Waals surface area contributed by atoms with Crippen LogP contribution in [0.15, 0.2) is 37.5 Å². The number of cyclic esters (lactones) is 2. The number of nitriles is 1. The first-order valence-corrected chi connectivity index (χ1v) is 3.77. The second-order valence-electron chi connectivity index (χ2n) is 1.95. The number of aliphatic carboxylic acids is 1. The lowest BCUT2D eigenvalue weighted by Gasteiger charge is -1.80. The molecule has 6 heteroatoms. The second kappa shape index (κ2) is 10.4. The fourth-order valence-electron chi connectivity index (χ4n) is 0.303. The quantitative estimate of drug-likeness (QED) is 0.301. The van der Waals surface area contributed by atoms with Gasteiger partial charge in [-0.1, -0.05) is 13.2 Å². The number of esters is 2. The number of carbonyl (C=O) groups excluding carboxylic acids is 2. The minimum absolute atomic E-state index is 0.579. The SMILES string of the molecule is C=CC#N.C=CC(=O)O.O=C1C=CC(=O)O1. The van der Waals surface area contributed by atoms with Gasteiger partial charge in [-0.3, -0.25) is 0 Å². The third kappa shape index (κ3) is 13.9. The van der Waals surface area contributed by atoms with Gasteiger partial charge in [0.15, 0.2) is 0 Å². The molecule has 0 bridgehead atoms. The van der Waals surface area contributed by atoms with E-state index >= 15 is 0 Å². The number of rotatable bonds is 1. The fourth-order valence-corrected chi connectivity index (χ4v) is 0.303. The lowest BCUT2D eigenvalue weighted by molar-refractivity contribution is -0.150. The summed E-state index contributed by atoms with van der Waals surface area (Å²) in [4.78, 5) is 29.1. The minimum atomic E-state index is -0.981. The number of nitrogens with zero attached hydrogens (tertiary/aromatic N) is 1. The molecule has 0 atom stereocenters. The topological polar surface area (TPSA) is 104 Å². The van der Waals surface area contributed by atoms with Crippen molar-refractivity contribution in [1.82, 2.24) is 0 Å². The van der Waals surface area contributed by atoms with E-state index in [9.17, 15) is 14.4 Å². The van der Waals surface area contributed by atoms with Crippen molar-refractivity contribution in [3.05, 3.63) is 37.5 Å². The molecule has 0 spiro atoms. The van der Waals surface area contributed by atoms with Gasteiger partial charge in [0.1, 0.15) is 0 Å². The number of ether oxygens (including phenoxy) is 1. The predicted molar refractivity (Wildman–Crippen MR) is 53.9 cm³/mol. The van der Waals surface area contributed by atoms with Crippen molar-refractivity contribution in [3.8, 4) is 6.07 Å². The van der Waals surface area contributed by atoms with Gasteiger partial charge in [-0.2, -0.15) is 5.26 Å². The van der Waals surface area contributed by atoms with Crippen molar-refractivity contribution in [2.75, 3.05) is 0 Å². The summed E-state index contributed by atoms with van der Waals surface area (Å²) >= 11 is 0. The Kier molecular flexibility index (Phi) is 10.3. The molecule has 0 aromatic carbocycles. The van der Waals surface area contributed by atoms with Gasteiger partial charge in [0.05, 0.1) is 6.07 Å². The maximum atomic E-state index is 9.92. The Hall–Kier alpha value is -2.68. The second-order valence-corrected chi connectivity index (χ2v) is 1.95. The summed E-state index contributed by atoms with van der Waals surface area (Å²) < 4.78 is 3.97. The van der Waals surface area contributed by atoms with E-state index in [1.165, 1.54) is 6.08 Å². The summed E-state index contributed by atoms with van der Waals surface area (Å²) in [7, 11) is 0. The van der Waals surface area contributed by atoms with Crippen LogP contribution >= 0.6 is 0 Å². The van der Waals surface area contributed by atoms with Crippen LogP contribution in [0.1, 0.15) is 0 Å². The molecule has 16 heavy (non-hydrogen) atoms. The largest absolute Gasteiger partial charge is 0.478 e. The Morgan fingerprint density at radius 1 is 1.38 bits per heavy atom. The number of hydrogen-bond acceptors (Lipinski definition) is 5. The van der Waals surface area contributed by atoms with E-state index in [0.717, 1.165) is 18.2 Å². The number of hydrogen-bond donors (Lipinski definition) is 1. The zero-order chi connectivity index (χ0) is 13.0. The monoisotopic (exact) mass is 223 g/mol. The van der Waals surface area contributed by atoms with Gasteiger partial charge in [-0.05, 0) is 0 Å². The number of allylic oxidation sites excluding steroid dienone is 1. The number of carboxylic acid groups (broad SMARTS) is 1. The first kappa shape index (κ1) is 15.8. The normalized spacial score (nSPS) is 10.7. The van der Waals surface area contributed by atoms with Crippen molar-refractivity contribution in [2.24, 2.45) is 0 Å². The van der Waals surface area contributed by atoms with Gasteiger partial charge >= 0.3 is 17.9 Å². The van der Waals surface area contributed by atoms with Crippen LogP contribution in [0.25, 0.3) is 0 Å². The minimum Gasteiger partial charge on any atom is -0.478 e. The molecule has 1 aliphatic heterocycles. The molecule has 0 fully saturated rings. The molecule has 0 radical (unpaired) electrons. The molecule has 0 saturated carbocycles. The van der Waals surface area contributed by atoms with Gasteiger partial charge in [-0.15, -0.1) is 0 Å². The Morgan fingerprint density at radius 2 is 1.69 bits per heavy atom. The van der Waals surface area contributed by atoms with E-state index in [4.69, 9.17) is 10.4 Å². The maximum Gasteiger partial charge on any atom is 0.338 e. The van der Waals surface area contributed by atoms with Crippen LogP contribution < -0.4 is 0 Å². The molecule has 84 valence electrons. The standard InChI is InChI=1S/C4H2O3.C3H3N.C3H4O2/c5-3-1-2-4(6)7-3;1-2-3-4;1-2-3(4)5/h1-2H;2H,1H2;2H,1H2,(H,4,5). The van der Waals surface area contributed by atoms with Gasteiger partial charge in [-0.25, -0.2) is 14.4 Å². The number of carbonyl (C=O) groups is 3. The smallest absolute Gasteiger partial charge is 0.338 e. The van der Waals surface area contributed by atoms with Crippen LogP contribution in [0.5, 0.6) is 0 Å². The van der Waals surface area contributed by atoms with E-state index in [-0.39, 0.29) is 0 Å². The summed E-state index contributed by atoms with van der Waals surface area (Å²) in [5.74, 6) is -2.14. The zero-order valence-corrected chi connectivity index (χ0v) is 8.25. The van der Waals surface area contributed by atoms with E-state index in [1.54, 1.807) is 6.07 Å². The average molecular weight is 223 g/mol. The Labute approximate surface area is 91.7 Å². The maximum absolute atomic E-state index is 9.92. The highest BCUT2D eigenvalue weighted by Crippen LogP contribution is 1.92. The predicted octanol–water partition coefficient (Wildman–Crippen LogP) is 0.579. The summed E-state index contributed by atoms with van der Waals surface area (Å²) in [6.45, 7) is 6.08. The van der Waals surface area contributed by atoms with Gasteiger partial charge < -0.3 is 9.84 Å². The zero-order valence-electron chi connectivity index (χ0n) is 8.25. The molecule has 1 aliphatic rings. The molecular formula is C10H9NO5. The third-order valence-electron chi connectivity index (χ3n) is 0.823. The molecule has 0 aliphatic carbocycles. The molecule has 0 aromatic heterocycles. The highest BCUT2D eigenvalue weighted by molar-refractivity contribution is 6.04. The fraction of sp³-hybridized carbons (Fsp3) is 0. The highest BCUT2D eigenvalue weighted by atomic mass is 16.6. The first-order chi connectivity index (χ1) is 7.47. The average Bonchev–Trinajstić information content (AvgIpc) is 2.63. The van der Waals surface area contributed by atoms with Gasteiger partial charge in [0, 0.05) is 24.3 Å². The molecule has 6 nitrogen and oxygen atoms in total.